The van der Waals surface area contributed by atoms with Gasteiger partial charge in [-0.25, -0.2) is 0 Å². The maximum atomic E-state index is 12.7. The van der Waals surface area contributed by atoms with Gasteiger partial charge in [-0.3, -0.25) is 10.1 Å². The van der Waals surface area contributed by atoms with Crippen molar-refractivity contribution in [1.82, 2.24) is 0 Å². The number of benzene rings is 1. The van der Waals surface area contributed by atoms with Crippen LogP contribution >= 0.6 is 11.6 Å². The zero-order chi connectivity index (χ0) is 14.9. The van der Waals surface area contributed by atoms with Gasteiger partial charge < -0.3 is 9.64 Å². The summed E-state index contributed by atoms with van der Waals surface area (Å²) in [6.07, 6.45) is -4.73. The normalized spacial score (nSPS) is 16.3. The van der Waals surface area contributed by atoms with Crippen molar-refractivity contribution >= 4 is 23.0 Å². The molecule has 0 aliphatic carbocycles. The van der Waals surface area contributed by atoms with E-state index < -0.39 is 27.4 Å². The van der Waals surface area contributed by atoms with E-state index >= 15 is 0 Å². The summed E-state index contributed by atoms with van der Waals surface area (Å²) >= 11 is 5.61. The third-order valence-corrected chi connectivity index (χ3v) is 3.23. The number of nitrogens with zero attached hydrogens (tertiary/aromatic N) is 2. The molecule has 0 aromatic heterocycles. The summed E-state index contributed by atoms with van der Waals surface area (Å²) in [5, 5.41) is 10.4. The molecule has 1 aliphatic rings. The number of hydrogen-bond acceptors (Lipinski definition) is 4. The van der Waals surface area contributed by atoms with Crippen LogP contribution in [0.4, 0.5) is 24.5 Å². The van der Waals surface area contributed by atoms with Gasteiger partial charge >= 0.3 is 6.18 Å². The summed E-state index contributed by atoms with van der Waals surface area (Å²) < 4.78 is 43.3. The zero-order valence-corrected chi connectivity index (χ0v) is 10.9. The Balaban J connectivity index is 2.51. The quantitative estimate of drug-likeness (QED) is 0.622. The number of rotatable bonds is 2. The minimum Gasteiger partial charge on any atom is -0.378 e. The highest BCUT2D eigenvalue weighted by Crippen LogP contribution is 2.41. The Bertz CT molecular complexity index is 530. The maximum absolute atomic E-state index is 12.7. The Morgan fingerprint density at radius 3 is 2.40 bits per heavy atom. The lowest BCUT2D eigenvalue weighted by Gasteiger charge is -2.28. The molecule has 0 atom stereocenters. The van der Waals surface area contributed by atoms with E-state index in [1.54, 1.807) is 4.90 Å². The summed E-state index contributed by atoms with van der Waals surface area (Å²) in [5.41, 5.74) is -1.73. The van der Waals surface area contributed by atoms with Gasteiger partial charge in [-0.15, -0.1) is 0 Å². The van der Waals surface area contributed by atoms with Crippen LogP contribution in [0.2, 0.25) is 5.02 Å². The van der Waals surface area contributed by atoms with Crippen molar-refractivity contribution in [2.24, 2.45) is 0 Å². The fourth-order valence-electron chi connectivity index (χ4n) is 1.97. The molecule has 0 N–H and O–H groups in total. The molecule has 0 unspecified atom stereocenters. The topological polar surface area (TPSA) is 55.6 Å². The minimum atomic E-state index is -4.73. The van der Waals surface area contributed by atoms with E-state index in [1.165, 1.54) is 0 Å². The van der Waals surface area contributed by atoms with E-state index in [0.29, 0.717) is 32.4 Å². The molecule has 2 rings (SSSR count). The monoisotopic (exact) mass is 310 g/mol. The lowest BCUT2D eigenvalue weighted by atomic mass is 10.1. The molecule has 1 aliphatic heterocycles. The standard InChI is InChI=1S/C11H10ClF3N2O3/c12-8-6-9(16-1-3-20-4-2-16)10(17(18)19)5-7(8)11(13,14)15/h5-6H,1-4H2. The Kier molecular flexibility index (Phi) is 4.05. The molecule has 0 bridgehead atoms. The number of nitro groups is 1. The molecule has 0 radical (unpaired) electrons. The average molecular weight is 311 g/mol. The van der Waals surface area contributed by atoms with E-state index in [1.807, 2.05) is 0 Å². The summed E-state index contributed by atoms with van der Waals surface area (Å²) in [6.45, 7) is 1.44. The predicted molar refractivity (Wildman–Crippen MR) is 66.1 cm³/mol. The Morgan fingerprint density at radius 1 is 1.30 bits per heavy atom. The van der Waals surface area contributed by atoms with Crippen LogP contribution < -0.4 is 4.90 Å². The number of alkyl halides is 3. The first kappa shape index (κ1) is 14.9. The van der Waals surface area contributed by atoms with Crippen LogP contribution in [0.3, 0.4) is 0 Å². The average Bonchev–Trinajstić information content (AvgIpc) is 2.37. The second-order valence-electron chi connectivity index (χ2n) is 4.18. The van der Waals surface area contributed by atoms with E-state index in [0.717, 1.165) is 6.07 Å². The molecular formula is C11H10ClF3N2O3. The molecule has 1 fully saturated rings. The van der Waals surface area contributed by atoms with Gasteiger partial charge in [0.1, 0.15) is 5.69 Å². The van der Waals surface area contributed by atoms with Crippen molar-refractivity contribution < 1.29 is 22.8 Å². The first-order chi connectivity index (χ1) is 9.30. The number of nitro benzene ring substituents is 1. The van der Waals surface area contributed by atoms with Crippen LogP contribution in [0.5, 0.6) is 0 Å². The number of ether oxygens (including phenoxy) is 1. The van der Waals surface area contributed by atoms with Gasteiger partial charge in [0, 0.05) is 19.2 Å². The third kappa shape index (κ3) is 2.96. The molecule has 1 saturated heterocycles. The molecule has 110 valence electrons. The molecule has 5 nitrogen and oxygen atoms in total. The summed E-state index contributed by atoms with van der Waals surface area (Å²) in [5.74, 6) is 0. The lowest BCUT2D eigenvalue weighted by molar-refractivity contribution is -0.384. The van der Waals surface area contributed by atoms with Crippen molar-refractivity contribution in [1.29, 1.82) is 0 Å². The van der Waals surface area contributed by atoms with E-state index in [2.05, 4.69) is 0 Å². The molecule has 0 spiro atoms. The summed E-state index contributed by atoms with van der Waals surface area (Å²) in [4.78, 5) is 11.7. The Labute approximate surface area is 117 Å². The number of morpholine rings is 1. The van der Waals surface area contributed by atoms with Crippen molar-refractivity contribution in [2.45, 2.75) is 6.18 Å². The fourth-order valence-corrected chi connectivity index (χ4v) is 2.24. The smallest absolute Gasteiger partial charge is 0.378 e. The van der Waals surface area contributed by atoms with Crippen LogP contribution in [0, 0.1) is 10.1 Å². The molecule has 1 aromatic carbocycles. The molecule has 0 saturated carbocycles. The van der Waals surface area contributed by atoms with Crippen molar-refractivity contribution in [3.05, 3.63) is 32.8 Å². The van der Waals surface area contributed by atoms with Crippen LogP contribution in [0.15, 0.2) is 12.1 Å². The van der Waals surface area contributed by atoms with E-state index in [-0.39, 0.29) is 5.69 Å². The Hall–Kier alpha value is -1.54. The molecular weight excluding hydrogens is 301 g/mol. The lowest BCUT2D eigenvalue weighted by Crippen LogP contribution is -2.36. The maximum Gasteiger partial charge on any atom is 0.418 e. The van der Waals surface area contributed by atoms with Crippen LogP contribution in [0.1, 0.15) is 5.56 Å². The van der Waals surface area contributed by atoms with Gasteiger partial charge in [0.2, 0.25) is 0 Å². The van der Waals surface area contributed by atoms with Gasteiger partial charge in [0.05, 0.1) is 28.7 Å². The number of anilines is 1. The Morgan fingerprint density at radius 2 is 1.90 bits per heavy atom. The zero-order valence-electron chi connectivity index (χ0n) is 10.1. The first-order valence-corrected chi connectivity index (χ1v) is 6.06. The molecule has 9 heteroatoms. The summed E-state index contributed by atoms with van der Waals surface area (Å²) in [7, 11) is 0. The SMILES string of the molecule is O=[N+]([O-])c1cc(C(F)(F)F)c(Cl)cc1N1CCOCC1. The number of hydrogen-bond donors (Lipinski definition) is 0. The second-order valence-corrected chi connectivity index (χ2v) is 4.58. The summed E-state index contributed by atoms with van der Waals surface area (Å²) in [6, 6.07) is 1.47. The number of halogens is 4. The van der Waals surface area contributed by atoms with Crippen LogP contribution in [0.25, 0.3) is 0 Å². The largest absolute Gasteiger partial charge is 0.418 e. The highest BCUT2D eigenvalue weighted by atomic mass is 35.5. The molecule has 1 heterocycles. The third-order valence-electron chi connectivity index (χ3n) is 2.92. The van der Waals surface area contributed by atoms with Gasteiger partial charge in [0.25, 0.3) is 5.69 Å². The van der Waals surface area contributed by atoms with Crippen molar-refractivity contribution in [2.75, 3.05) is 31.2 Å². The van der Waals surface area contributed by atoms with Gasteiger partial charge in [0.15, 0.2) is 0 Å². The van der Waals surface area contributed by atoms with Crippen molar-refractivity contribution in [3.8, 4) is 0 Å². The molecule has 0 amide bonds. The van der Waals surface area contributed by atoms with E-state index in [9.17, 15) is 23.3 Å². The molecule has 20 heavy (non-hydrogen) atoms. The van der Waals surface area contributed by atoms with Gasteiger partial charge in [-0.1, -0.05) is 11.6 Å². The van der Waals surface area contributed by atoms with Gasteiger partial charge in [-0.05, 0) is 6.07 Å². The molecule has 1 aromatic rings. The second kappa shape index (κ2) is 5.45. The van der Waals surface area contributed by atoms with Crippen LogP contribution in [-0.2, 0) is 10.9 Å². The minimum absolute atomic E-state index is 0.0799. The first-order valence-electron chi connectivity index (χ1n) is 5.68. The fraction of sp³-hybridized carbons (Fsp3) is 0.455. The van der Waals surface area contributed by atoms with E-state index in [4.69, 9.17) is 16.3 Å². The predicted octanol–water partition coefficient (Wildman–Crippen LogP) is 3.10. The highest BCUT2D eigenvalue weighted by molar-refractivity contribution is 6.31. The van der Waals surface area contributed by atoms with Gasteiger partial charge in [-0.2, -0.15) is 13.2 Å². The van der Waals surface area contributed by atoms with Crippen molar-refractivity contribution in [3.63, 3.8) is 0 Å². The van der Waals surface area contributed by atoms with Crippen LogP contribution in [-0.4, -0.2) is 31.2 Å². The highest BCUT2D eigenvalue weighted by Gasteiger charge is 2.37.